The van der Waals surface area contributed by atoms with E-state index in [1.54, 1.807) is 0 Å². The van der Waals surface area contributed by atoms with Crippen LogP contribution in [0.3, 0.4) is 0 Å². The van der Waals surface area contributed by atoms with Gasteiger partial charge in [-0.15, -0.1) is 0 Å². The molecule has 0 bridgehead atoms. The van der Waals surface area contributed by atoms with Crippen LogP contribution in [-0.2, 0) is 0 Å². The Hall–Kier alpha value is -0.0800. The number of rotatable bonds is 2. The lowest BCUT2D eigenvalue weighted by Gasteiger charge is -2.19. The van der Waals surface area contributed by atoms with Gasteiger partial charge in [0.1, 0.15) is 0 Å². The molecular formula is C10H22N2. The lowest BCUT2D eigenvalue weighted by molar-refractivity contribution is 0.271. The number of hydrogen-bond acceptors (Lipinski definition) is 2. The Kier molecular flexibility index (Phi) is 4.02. The van der Waals surface area contributed by atoms with Gasteiger partial charge in [-0.05, 0) is 19.0 Å². The first kappa shape index (κ1) is 10.0. The summed E-state index contributed by atoms with van der Waals surface area (Å²) in [5.41, 5.74) is 0. The first-order valence-electron chi connectivity index (χ1n) is 5.21. The molecule has 0 atom stereocenters. The molecule has 0 aliphatic carbocycles. The fourth-order valence-electron chi connectivity index (χ4n) is 1.98. The first-order valence-corrected chi connectivity index (χ1v) is 5.21. The van der Waals surface area contributed by atoms with E-state index >= 15 is 0 Å². The lowest BCUT2D eigenvalue weighted by Crippen LogP contribution is -2.30. The summed E-state index contributed by atoms with van der Waals surface area (Å²) in [6.07, 6.45) is 0. The minimum Gasteiger partial charge on any atom is -0.302 e. The molecule has 12 heavy (non-hydrogen) atoms. The van der Waals surface area contributed by atoms with Gasteiger partial charge in [0.15, 0.2) is 0 Å². The van der Waals surface area contributed by atoms with Crippen LogP contribution < -0.4 is 0 Å². The van der Waals surface area contributed by atoms with Gasteiger partial charge in [-0.25, -0.2) is 0 Å². The highest BCUT2D eigenvalue weighted by atomic mass is 15.2. The summed E-state index contributed by atoms with van der Waals surface area (Å²) < 4.78 is 0. The summed E-state index contributed by atoms with van der Waals surface area (Å²) >= 11 is 0. The molecule has 1 saturated heterocycles. The topological polar surface area (TPSA) is 6.48 Å². The van der Waals surface area contributed by atoms with Crippen molar-refractivity contribution in [1.82, 2.24) is 9.80 Å². The molecule has 0 N–H and O–H groups in total. The van der Waals surface area contributed by atoms with E-state index in [2.05, 4.69) is 30.6 Å². The fourth-order valence-corrected chi connectivity index (χ4v) is 1.98. The van der Waals surface area contributed by atoms with Gasteiger partial charge in [0.05, 0.1) is 0 Å². The summed E-state index contributed by atoms with van der Waals surface area (Å²) in [5.74, 6) is 0.840. The van der Waals surface area contributed by atoms with Crippen LogP contribution in [0.15, 0.2) is 0 Å². The second-order valence-corrected chi connectivity index (χ2v) is 3.89. The van der Waals surface area contributed by atoms with E-state index in [0.29, 0.717) is 0 Å². The normalized spacial score (nSPS) is 24.2. The molecule has 0 aromatic rings. The van der Waals surface area contributed by atoms with Crippen LogP contribution in [0.2, 0.25) is 0 Å². The largest absolute Gasteiger partial charge is 0.302 e. The van der Waals surface area contributed by atoms with E-state index in [1.807, 2.05) is 0 Å². The van der Waals surface area contributed by atoms with Crippen LogP contribution in [0.25, 0.3) is 0 Å². The number of nitrogens with zero attached hydrogens (tertiary/aromatic N) is 2. The Morgan fingerprint density at radius 1 is 1.00 bits per heavy atom. The van der Waals surface area contributed by atoms with E-state index in [1.165, 1.54) is 39.3 Å². The van der Waals surface area contributed by atoms with Crippen LogP contribution in [0.4, 0.5) is 0 Å². The molecule has 0 spiro atoms. The molecule has 0 radical (unpaired) electrons. The third-order valence-electron chi connectivity index (χ3n) is 2.77. The minimum absolute atomic E-state index is 0.840. The zero-order valence-corrected chi connectivity index (χ0v) is 8.71. The number of likely N-dealkylation sites (N-methyl/N-ethyl adjacent to an activating group) is 2. The summed E-state index contributed by atoms with van der Waals surface area (Å²) in [4.78, 5) is 5.11. The van der Waals surface area contributed by atoms with Gasteiger partial charge < -0.3 is 9.80 Å². The highest BCUT2D eigenvalue weighted by molar-refractivity contribution is 4.72. The highest BCUT2D eigenvalue weighted by Gasteiger charge is 2.17. The van der Waals surface area contributed by atoms with E-state index in [0.717, 1.165) is 5.92 Å². The quantitative estimate of drug-likeness (QED) is 0.616. The molecule has 2 heteroatoms. The van der Waals surface area contributed by atoms with Gasteiger partial charge in [0, 0.05) is 26.2 Å². The van der Waals surface area contributed by atoms with Gasteiger partial charge in [-0.2, -0.15) is 0 Å². The van der Waals surface area contributed by atoms with Gasteiger partial charge in [-0.3, -0.25) is 0 Å². The molecule has 0 aromatic carbocycles. The molecule has 1 aliphatic rings. The van der Waals surface area contributed by atoms with Gasteiger partial charge in [0.2, 0.25) is 0 Å². The minimum atomic E-state index is 0.840. The second kappa shape index (κ2) is 4.83. The molecule has 1 heterocycles. The average molecular weight is 170 g/mol. The molecular weight excluding hydrogens is 148 g/mol. The molecule has 1 aliphatic heterocycles. The number of hydrogen-bond donors (Lipinski definition) is 0. The third-order valence-corrected chi connectivity index (χ3v) is 2.77. The van der Waals surface area contributed by atoms with Gasteiger partial charge in [-0.1, -0.05) is 20.8 Å². The van der Waals surface area contributed by atoms with Crippen molar-refractivity contribution in [3.63, 3.8) is 0 Å². The summed E-state index contributed by atoms with van der Waals surface area (Å²) in [5, 5.41) is 0. The molecule has 0 saturated carbocycles. The molecule has 2 nitrogen and oxygen atoms in total. The molecule has 1 rings (SSSR count). The van der Waals surface area contributed by atoms with Crippen LogP contribution in [0.5, 0.6) is 0 Å². The fraction of sp³-hybridized carbons (Fsp3) is 1.00. The molecule has 72 valence electrons. The molecule has 0 amide bonds. The van der Waals surface area contributed by atoms with Crippen molar-refractivity contribution in [3.05, 3.63) is 0 Å². The predicted octanol–water partition coefficient (Wildman–Crippen LogP) is 1.28. The zero-order valence-electron chi connectivity index (χ0n) is 8.71. The van der Waals surface area contributed by atoms with E-state index in [-0.39, 0.29) is 0 Å². The SMILES string of the molecule is CCN1CCN(CC)CC(C)C1. The van der Waals surface area contributed by atoms with Crippen molar-refractivity contribution in [2.45, 2.75) is 20.8 Å². The molecule has 0 unspecified atom stereocenters. The molecule has 1 fully saturated rings. The maximum atomic E-state index is 2.56. The van der Waals surface area contributed by atoms with Crippen molar-refractivity contribution >= 4 is 0 Å². The summed E-state index contributed by atoms with van der Waals surface area (Å²) in [6.45, 7) is 14.4. The van der Waals surface area contributed by atoms with Crippen molar-refractivity contribution in [2.75, 3.05) is 39.3 Å². The highest BCUT2D eigenvalue weighted by Crippen LogP contribution is 2.07. The van der Waals surface area contributed by atoms with E-state index in [4.69, 9.17) is 0 Å². The summed E-state index contributed by atoms with van der Waals surface area (Å²) in [6, 6.07) is 0. The van der Waals surface area contributed by atoms with Crippen LogP contribution in [-0.4, -0.2) is 49.1 Å². The predicted molar refractivity (Wildman–Crippen MR) is 53.4 cm³/mol. The van der Waals surface area contributed by atoms with Crippen LogP contribution in [0.1, 0.15) is 20.8 Å². The third kappa shape index (κ3) is 2.76. The van der Waals surface area contributed by atoms with Crippen LogP contribution >= 0.6 is 0 Å². The average Bonchev–Trinajstić information content (AvgIpc) is 2.26. The molecule has 0 aromatic heterocycles. The monoisotopic (exact) mass is 170 g/mol. The van der Waals surface area contributed by atoms with Crippen molar-refractivity contribution in [1.29, 1.82) is 0 Å². The van der Waals surface area contributed by atoms with Crippen molar-refractivity contribution < 1.29 is 0 Å². The van der Waals surface area contributed by atoms with Gasteiger partial charge in [0.25, 0.3) is 0 Å². The van der Waals surface area contributed by atoms with E-state index < -0.39 is 0 Å². The Labute approximate surface area is 76.5 Å². The maximum Gasteiger partial charge on any atom is 0.0109 e. The van der Waals surface area contributed by atoms with Crippen molar-refractivity contribution in [2.24, 2.45) is 5.92 Å². The summed E-state index contributed by atoms with van der Waals surface area (Å²) in [7, 11) is 0. The smallest absolute Gasteiger partial charge is 0.0109 e. The zero-order chi connectivity index (χ0) is 8.97. The first-order chi connectivity index (χ1) is 5.76. The standard InChI is InChI=1S/C10H22N2/c1-4-11-6-7-12(5-2)9-10(3)8-11/h10H,4-9H2,1-3H3. The van der Waals surface area contributed by atoms with E-state index in [9.17, 15) is 0 Å². The Bertz CT molecular complexity index is 111. The van der Waals surface area contributed by atoms with Gasteiger partial charge >= 0.3 is 0 Å². The second-order valence-electron chi connectivity index (χ2n) is 3.89. The van der Waals surface area contributed by atoms with Crippen LogP contribution in [0, 0.1) is 5.92 Å². The Balaban J connectivity index is 2.41. The maximum absolute atomic E-state index is 2.56. The van der Waals surface area contributed by atoms with Crippen molar-refractivity contribution in [3.8, 4) is 0 Å². The lowest BCUT2D eigenvalue weighted by atomic mass is 10.1. The Morgan fingerprint density at radius 3 is 1.75 bits per heavy atom. The Morgan fingerprint density at radius 2 is 1.42 bits per heavy atom.